The second-order valence-electron chi connectivity index (χ2n) is 3.49. The lowest BCUT2D eigenvalue weighted by Gasteiger charge is -2.00. The summed E-state index contributed by atoms with van der Waals surface area (Å²) in [5, 5.41) is 2.51. The molecular formula is C14H13ClS. The van der Waals surface area contributed by atoms with Gasteiger partial charge in [-0.05, 0) is 34.2 Å². The summed E-state index contributed by atoms with van der Waals surface area (Å²) in [6, 6.07) is 14.7. The van der Waals surface area contributed by atoms with Gasteiger partial charge in [0.1, 0.15) is 0 Å². The highest BCUT2D eigenvalue weighted by Gasteiger charge is 1.96. The van der Waals surface area contributed by atoms with Crippen molar-refractivity contribution < 1.29 is 0 Å². The van der Waals surface area contributed by atoms with E-state index >= 15 is 0 Å². The van der Waals surface area contributed by atoms with Crippen LogP contribution in [0.4, 0.5) is 0 Å². The van der Waals surface area contributed by atoms with E-state index in [-0.39, 0.29) is 0 Å². The van der Waals surface area contributed by atoms with Crippen molar-refractivity contribution in [2.75, 3.05) is 5.75 Å². The van der Waals surface area contributed by atoms with Crippen molar-refractivity contribution in [3.05, 3.63) is 52.4 Å². The lowest BCUT2D eigenvalue weighted by molar-refractivity contribution is 1.53. The molecule has 2 aromatic rings. The average molecular weight is 249 g/mol. The molecule has 16 heavy (non-hydrogen) atoms. The van der Waals surface area contributed by atoms with Gasteiger partial charge in [0, 0.05) is 0 Å². The van der Waals surface area contributed by atoms with Crippen LogP contribution in [0.1, 0.15) is 12.5 Å². The summed E-state index contributed by atoms with van der Waals surface area (Å²) in [5.41, 5.74) is 1.16. The molecule has 0 amide bonds. The van der Waals surface area contributed by atoms with Crippen molar-refractivity contribution in [3.63, 3.8) is 0 Å². The topological polar surface area (TPSA) is 0 Å². The number of thioether (sulfide) groups is 1. The van der Waals surface area contributed by atoms with Crippen LogP contribution in [0.3, 0.4) is 0 Å². The number of halogens is 1. The maximum absolute atomic E-state index is 6.09. The van der Waals surface area contributed by atoms with Gasteiger partial charge in [-0.25, -0.2) is 0 Å². The molecule has 0 nitrogen and oxygen atoms in total. The van der Waals surface area contributed by atoms with Gasteiger partial charge in [-0.2, -0.15) is 0 Å². The molecule has 0 radical (unpaired) electrons. The van der Waals surface area contributed by atoms with Gasteiger partial charge >= 0.3 is 0 Å². The van der Waals surface area contributed by atoms with E-state index < -0.39 is 0 Å². The van der Waals surface area contributed by atoms with Gasteiger partial charge in [0.05, 0.1) is 4.36 Å². The van der Waals surface area contributed by atoms with Crippen molar-refractivity contribution in [2.24, 2.45) is 0 Å². The molecule has 2 heteroatoms. The Morgan fingerprint density at radius 1 is 1.19 bits per heavy atom. The van der Waals surface area contributed by atoms with Crippen molar-refractivity contribution in [2.45, 2.75) is 6.92 Å². The first-order valence-electron chi connectivity index (χ1n) is 5.28. The molecular weight excluding hydrogens is 236 g/mol. The van der Waals surface area contributed by atoms with Gasteiger partial charge in [-0.15, -0.1) is 11.8 Å². The molecule has 0 saturated carbocycles. The molecule has 82 valence electrons. The molecule has 0 saturated heterocycles. The Kier molecular flexibility index (Phi) is 3.92. The fraction of sp³-hybridized carbons (Fsp3) is 0.143. The predicted molar refractivity (Wildman–Crippen MR) is 75.9 cm³/mol. The summed E-state index contributed by atoms with van der Waals surface area (Å²) in [6.45, 7) is 2.10. The monoisotopic (exact) mass is 248 g/mol. The summed E-state index contributed by atoms with van der Waals surface area (Å²) < 4.78 is 0.845. The van der Waals surface area contributed by atoms with E-state index in [9.17, 15) is 0 Å². The van der Waals surface area contributed by atoms with Crippen LogP contribution in [-0.2, 0) is 0 Å². The van der Waals surface area contributed by atoms with Gasteiger partial charge in [0.15, 0.2) is 0 Å². The molecule has 0 aliphatic heterocycles. The Labute approximate surface area is 105 Å². The predicted octanol–water partition coefficient (Wildman–Crippen LogP) is 5.13. The van der Waals surface area contributed by atoms with Gasteiger partial charge in [0.25, 0.3) is 0 Å². The second kappa shape index (κ2) is 5.42. The third-order valence-corrected chi connectivity index (χ3v) is 3.45. The zero-order chi connectivity index (χ0) is 11.4. The van der Waals surface area contributed by atoms with Crippen LogP contribution in [-0.4, -0.2) is 5.75 Å². The largest absolute Gasteiger partial charge is 0.114 e. The molecule has 0 unspecified atom stereocenters. The smallest absolute Gasteiger partial charge is 0.0740 e. The highest BCUT2D eigenvalue weighted by atomic mass is 35.5. The lowest BCUT2D eigenvalue weighted by Crippen LogP contribution is -1.76. The number of rotatable bonds is 3. The van der Waals surface area contributed by atoms with Crippen LogP contribution < -0.4 is 0 Å². The van der Waals surface area contributed by atoms with Gasteiger partial charge in [-0.3, -0.25) is 0 Å². The normalized spacial score (nSPS) is 12.0. The van der Waals surface area contributed by atoms with Crippen molar-refractivity contribution in [1.82, 2.24) is 0 Å². The van der Waals surface area contributed by atoms with Crippen molar-refractivity contribution >= 4 is 40.2 Å². The molecule has 0 aromatic heterocycles. The van der Waals surface area contributed by atoms with Crippen LogP contribution in [0.2, 0.25) is 0 Å². The Morgan fingerprint density at radius 3 is 2.69 bits per heavy atom. The second-order valence-corrected chi connectivity index (χ2v) is 5.43. The van der Waals surface area contributed by atoms with Gasteiger partial charge < -0.3 is 0 Å². The quantitative estimate of drug-likeness (QED) is 0.726. The Balaban J connectivity index is 2.36. The summed E-state index contributed by atoms with van der Waals surface area (Å²) in [4.78, 5) is 0. The molecule has 0 atom stereocenters. The van der Waals surface area contributed by atoms with Gasteiger partial charge in [-0.1, -0.05) is 54.9 Å². The first kappa shape index (κ1) is 11.6. The zero-order valence-electron chi connectivity index (χ0n) is 9.11. The van der Waals surface area contributed by atoms with Crippen LogP contribution in [0.15, 0.2) is 46.8 Å². The number of hydrogen-bond acceptors (Lipinski definition) is 1. The summed E-state index contributed by atoms with van der Waals surface area (Å²) in [7, 11) is 0. The number of benzene rings is 2. The van der Waals surface area contributed by atoms with Crippen LogP contribution in [0, 0.1) is 0 Å². The van der Waals surface area contributed by atoms with E-state index in [2.05, 4.69) is 49.4 Å². The van der Waals surface area contributed by atoms with E-state index in [4.69, 9.17) is 11.6 Å². The fourth-order valence-corrected chi connectivity index (χ4v) is 2.56. The molecule has 0 bridgehead atoms. The lowest BCUT2D eigenvalue weighted by atomic mass is 10.1. The minimum atomic E-state index is 0.845. The van der Waals surface area contributed by atoms with Gasteiger partial charge in [0.2, 0.25) is 0 Å². The van der Waals surface area contributed by atoms with E-state index in [1.54, 1.807) is 11.8 Å². The molecule has 2 rings (SSSR count). The maximum Gasteiger partial charge on any atom is 0.0740 e. The first-order chi connectivity index (χ1) is 7.79. The highest BCUT2D eigenvalue weighted by molar-refractivity contribution is 8.04. The zero-order valence-corrected chi connectivity index (χ0v) is 10.7. The molecule has 0 aliphatic rings. The highest BCUT2D eigenvalue weighted by Crippen LogP contribution is 2.24. The average Bonchev–Trinajstić information content (AvgIpc) is 2.29. The summed E-state index contributed by atoms with van der Waals surface area (Å²) in [5.74, 6) is 1.00. The minimum absolute atomic E-state index is 0.845. The Hall–Kier alpha value is -0.920. The number of hydrogen-bond donors (Lipinski definition) is 0. The van der Waals surface area contributed by atoms with E-state index in [0.29, 0.717) is 0 Å². The van der Waals surface area contributed by atoms with Crippen LogP contribution in [0.25, 0.3) is 16.8 Å². The molecule has 0 spiro atoms. The first-order valence-corrected chi connectivity index (χ1v) is 6.65. The van der Waals surface area contributed by atoms with E-state index in [0.717, 1.165) is 15.7 Å². The molecule has 2 aromatic carbocycles. The van der Waals surface area contributed by atoms with E-state index in [1.807, 2.05) is 6.08 Å². The molecule has 0 aliphatic carbocycles. The van der Waals surface area contributed by atoms with Crippen molar-refractivity contribution in [1.29, 1.82) is 0 Å². The standard InChI is InChI=1S/C14H13ClS/c1-2-16-14(15)10-11-7-8-12-5-3-4-6-13(12)9-11/h3-10H,2H2,1H3/b14-10-. The van der Waals surface area contributed by atoms with Crippen molar-refractivity contribution in [3.8, 4) is 0 Å². The third-order valence-electron chi connectivity index (χ3n) is 2.34. The summed E-state index contributed by atoms with van der Waals surface area (Å²) in [6.07, 6.45) is 2.02. The molecule has 0 fully saturated rings. The minimum Gasteiger partial charge on any atom is -0.114 e. The summed E-state index contributed by atoms with van der Waals surface area (Å²) >= 11 is 7.75. The van der Waals surface area contributed by atoms with Crippen LogP contribution in [0.5, 0.6) is 0 Å². The SMILES string of the molecule is CCS/C(Cl)=C\c1ccc2ccccc2c1. The number of fused-ring (bicyclic) bond motifs is 1. The molecule has 0 N–H and O–H groups in total. The molecule has 0 heterocycles. The Bertz CT molecular complexity index is 517. The Morgan fingerprint density at radius 2 is 1.94 bits per heavy atom. The van der Waals surface area contributed by atoms with E-state index in [1.165, 1.54) is 10.8 Å². The fourth-order valence-electron chi connectivity index (χ4n) is 1.61. The van der Waals surface area contributed by atoms with Crippen LogP contribution >= 0.6 is 23.4 Å². The maximum atomic E-state index is 6.09. The third kappa shape index (κ3) is 2.81.